The second kappa shape index (κ2) is 7.76. The van der Waals surface area contributed by atoms with Crippen molar-refractivity contribution in [1.82, 2.24) is 4.90 Å². The summed E-state index contributed by atoms with van der Waals surface area (Å²) in [5, 5.41) is 5.06. The largest absolute Gasteiger partial charge is 0.494 e. The fourth-order valence-electron chi connectivity index (χ4n) is 2.63. The summed E-state index contributed by atoms with van der Waals surface area (Å²) in [5.74, 6) is 0.428. The number of hydrogen-bond acceptors (Lipinski definition) is 5. The van der Waals surface area contributed by atoms with Crippen molar-refractivity contribution in [2.75, 3.05) is 32.0 Å². The molecule has 7 nitrogen and oxygen atoms in total. The molecule has 0 aromatic heterocycles. The van der Waals surface area contributed by atoms with Gasteiger partial charge in [0.15, 0.2) is 0 Å². The van der Waals surface area contributed by atoms with E-state index in [0.717, 1.165) is 6.42 Å². The van der Waals surface area contributed by atoms with E-state index in [1.54, 1.807) is 29.2 Å². The number of hydrogen-bond donors (Lipinski definition) is 2. The number of nitrogens with zero attached hydrogens (tertiary/aromatic N) is 1. The topological polar surface area (TPSA) is 116 Å². The molecule has 1 aromatic rings. The molecule has 0 saturated carbocycles. The summed E-state index contributed by atoms with van der Waals surface area (Å²) in [6, 6.07) is 6.93. The van der Waals surface area contributed by atoms with Gasteiger partial charge >= 0.3 is 0 Å². The Morgan fingerprint density at radius 3 is 2.61 bits per heavy atom. The molecule has 1 aliphatic rings. The van der Waals surface area contributed by atoms with Crippen LogP contribution >= 0.6 is 0 Å². The highest BCUT2D eigenvalue weighted by atomic mass is 32.2. The molecule has 1 aromatic carbocycles. The molecule has 0 aliphatic carbocycles. The van der Waals surface area contributed by atoms with E-state index in [-0.39, 0.29) is 17.6 Å². The first kappa shape index (κ1) is 17.7. The van der Waals surface area contributed by atoms with Gasteiger partial charge in [0.25, 0.3) is 5.91 Å². The maximum absolute atomic E-state index is 12.4. The average Bonchev–Trinajstić information content (AvgIpc) is 2.94. The summed E-state index contributed by atoms with van der Waals surface area (Å²) in [5.41, 5.74) is 5.96. The third-order valence-corrected chi connectivity index (χ3v) is 4.70. The quantitative estimate of drug-likeness (QED) is 0.686. The summed E-state index contributed by atoms with van der Waals surface area (Å²) in [7, 11) is -3.50. The van der Waals surface area contributed by atoms with Gasteiger partial charge in [-0.1, -0.05) is 0 Å². The minimum Gasteiger partial charge on any atom is -0.494 e. The van der Waals surface area contributed by atoms with Crippen molar-refractivity contribution in [2.45, 2.75) is 12.8 Å². The summed E-state index contributed by atoms with van der Waals surface area (Å²) in [6.45, 7) is 2.09. The van der Waals surface area contributed by atoms with Gasteiger partial charge in [0.1, 0.15) is 5.75 Å². The fraction of sp³-hybridized carbons (Fsp3) is 0.533. The van der Waals surface area contributed by atoms with Crippen LogP contribution in [0.2, 0.25) is 0 Å². The highest BCUT2D eigenvalue weighted by Crippen LogP contribution is 2.21. The Kier molecular flexibility index (Phi) is 5.97. The van der Waals surface area contributed by atoms with Gasteiger partial charge in [-0.3, -0.25) is 4.79 Å². The Balaban J connectivity index is 1.91. The second-order valence-electron chi connectivity index (χ2n) is 5.75. The predicted octanol–water partition coefficient (Wildman–Crippen LogP) is 0.165. The number of benzene rings is 1. The van der Waals surface area contributed by atoms with E-state index in [1.807, 2.05) is 0 Å². The van der Waals surface area contributed by atoms with Crippen molar-refractivity contribution in [1.29, 1.82) is 0 Å². The molecule has 0 bridgehead atoms. The molecule has 128 valence electrons. The number of primary sulfonamides is 1. The van der Waals surface area contributed by atoms with Crippen molar-refractivity contribution in [3.63, 3.8) is 0 Å². The monoisotopic (exact) mass is 341 g/mol. The maximum Gasteiger partial charge on any atom is 0.253 e. The zero-order valence-electron chi connectivity index (χ0n) is 13.0. The SMILES string of the molecule is NCCCOc1ccc(C(=O)N2CC[C@H](CS(N)(=O)=O)C2)cc1. The van der Waals surface area contributed by atoms with Gasteiger partial charge in [0.2, 0.25) is 10.0 Å². The molecular formula is C15H23N3O4S. The fourth-order valence-corrected chi connectivity index (χ4v) is 3.56. The summed E-state index contributed by atoms with van der Waals surface area (Å²) in [6.07, 6.45) is 1.43. The molecule has 2 rings (SSSR count). The van der Waals surface area contributed by atoms with Crippen LogP contribution in [0.4, 0.5) is 0 Å². The van der Waals surface area contributed by atoms with Crippen LogP contribution < -0.4 is 15.6 Å². The number of nitrogens with two attached hydrogens (primary N) is 2. The number of likely N-dealkylation sites (tertiary alicyclic amines) is 1. The van der Waals surface area contributed by atoms with Gasteiger partial charge in [-0.25, -0.2) is 13.6 Å². The molecule has 1 saturated heterocycles. The molecule has 1 heterocycles. The maximum atomic E-state index is 12.4. The van der Waals surface area contributed by atoms with Gasteiger partial charge < -0.3 is 15.4 Å². The lowest BCUT2D eigenvalue weighted by molar-refractivity contribution is 0.0788. The Bertz CT molecular complexity index is 631. The second-order valence-corrected chi connectivity index (χ2v) is 7.41. The van der Waals surface area contributed by atoms with Gasteiger partial charge in [-0.2, -0.15) is 0 Å². The van der Waals surface area contributed by atoms with Crippen molar-refractivity contribution < 1.29 is 17.9 Å². The number of sulfonamides is 1. The van der Waals surface area contributed by atoms with Crippen LogP contribution in [0.3, 0.4) is 0 Å². The average molecular weight is 341 g/mol. The number of carbonyl (C=O) groups excluding carboxylic acids is 1. The van der Waals surface area contributed by atoms with Crippen molar-refractivity contribution in [3.8, 4) is 5.75 Å². The van der Waals surface area contributed by atoms with E-state index in [4.69, 9.17) is 15.6 Å². The molecule has 8 heteroatoms. The summed E-state index contributed by atoms with van der Waals surface area (Å²) < 4.78 is 27.8. The van der Waals surface area contributed by atoms with Gasteiger partial charge in [0, 0.05) is 18.7 Å². The lowest BCUT2D eigenvalue weighted by Gasteiger charge is -2.16. The molecule has 1 atom stereocenters. The standard InChI is InChI=1S/C15H23N3O4S/c16-7-1-9-22-14-4-2-13(3-5-14)15(19)18-8-6-12(10-18)11-23(17,20)21/h2-5,12H,1,6-11,16H2,(H2,17,20,21)/t12-/m0/s1. The van der Waals surface area contributed by atoms with E-state index >= 15 is 0 Å². The zero-order chi connectivity index (χ0) is 16.9. The van der Waals surface area contributed by atoms with Crippen molar-refractivity contribution in [2.24, 2.45) is 16.8 Å². The van der Waals surface area contributed by atoms with Crippen LogP contribution in [-0.2, 0) is 10.0 Å². The van der Waals surface area contributed by atoms with Crippen LogP contribution in [0, 0.1) is 5.92 Å². The molecule has 0 spiro atoms. The van der Waals surface area contributed by atoms with Crippen LogP contribution in [0.1, 0.15) is 23.2 Å². The van der Waals surface area contributed by atoms with Crippen LogP contribution in [0.25, 0.3) is 0 Å². The van der Waals surface area contributed by atoms with Crippen LogP contribution in [-0.4, -0.2) is 51.2 Å². The first-order valence-corrected chi connectivity index (χ1v) is 9.33. The number of rotatable bonds is 7. The third kappa shape index (κ3) is 5.49. The van der Waals surface area contributed by atoms with Gasteiger partial charge in [-0.15, -0.1) is 0 Å². The number of ether oxygens (including phenoxy) is 1. The molecule has 4 N–H and O–H groups in total. The number of amides is 1. The van der Waals surface area contributed by atoms with E-state index in [9.17, 15) is 13.2 Å². The molecule has 1 fully saturated rings. The predicted molar refractivity (Wildman–Crippen MR) is 87.6 cm³/mol. The van der Waals surface area contributed by atoms with E-state index < -0.39 is 10.0 Å². The Morgan fingerprint density at radius 1 is 1.30 bits per heavy atom. The van der Waals surface area contributed by atoms with Crippen LogP contribution in [0.5, 0.6) is 5.75 Å². The van der Waals surface area contributed by atoms with E-state index in [0.29, 0.717) is 44.0 Å². The summed E-state index contributed by atoms with van der Waals surface area (Å²) >= 11 is 0. The number of carbonyl (C=O) groups is 1. The van der Waals surface area contributed by atoms with Crippen molar-refractivity contribution >= 4 is 15.9 Å². The van der Waals surface area contributed by atoms with Gasteiger partial charge in [0.05, 0.1) is 12.4 Å². The highest BCUT2D eigenvalue weighted by molar-refractivity contribution is 7.89. The molecule has 23 heavy (non-hydrogen) atoms. The lowest BCUT2D eigenvalue weighted by atomic mass is 10.1. The normalized spacial score (nSPS) is 18.2. The minimum absolute atomic E-state index is 0.0787. The molecule has 0 unspecified atom stereocenters. The van der Waals surface area contributed by atoms with E-state index in [2.05, 4.69) is 0 Å². The molecule has 1 aliphatic heterocycles. The minimum atomic E-state index is -3.50. The first-order valence-electron chi connectivity index (χ1n) is 7.62. The lowest BCUT2D eigenvalue weighted by Crippen LogP contribution is -2.30. The smallest absolute Gasteiger partial charge is 0.253 e. The van der Waals surface area contributed by atoms with E-state index in [1.165, 1.54) is 0 Å². The zero-order valence-corrected chi connectivity index (χ0v) is 13.8. The molecule has 0 radical (unpaired) electrons. The third-order valence-electron chi connectivity index (χ3n) is 3.76. The van der Waals surface area contributed by atoms with Crippen molar-refractivity contribution in [3.05, 3.63) is 29.8 Å². The highest BCUT2D eigenvalue weighted by Gasteiger charge is 2.29. The molecule has 1 amide bonds. The Labute approximate surface area is 136 Å². The Hall–Kier alpha value is -1.64. The first-order chi connectivity index (χ1) is 10.9. The molecular weight excluding hydrogens is 318 g/mol. The summed E-state index contributed by atoms with van der Waals surface area (Å²) in [4.78, 5) is 14.1. The Morgan fingerprint density at radius 2 is 2.00 bits per heavy atom. The van der Waals surface area contributed by atoms with Gasteiger partial charge in [-0.05, 0) is 49.6 Å². The van der Waals surface area contributed by atoms with Crippen LogP contribution in [0.15, 0.2) is 24.3 Å².